The maximum atomic E-state index is 11.9. The molecule has 0 saturated heterocycles. The minimum absolute atomic E-state index is 0.0175. The number of nitro benzene ring substituents is 1. The molecule has 6 nitrogen and oxygen atoms in total. The number of hydrogen-bond donors (Lipinski definition) is 2. The number of benzene rings is 1. The fourth-order valence-corrected chi connectivity index (χ4v) is 1.83. The predicted octanol–water partition coefficient (Wildman–Crippen LogP) is 3.77. The number of nitro groups is 1. The molecule has 0 heterocycles. The molecule has 2 N–H and O–H groups in total. The van der Waals surface area contributed by atoms with Gasteiger partial charge in [-0.15, -0.1) is 0 Å². The lowest BCUT2D eigenvalue weighted by Crippen LogP contribution is -2.14. The van der Waals surface area contributed by atoms with E-state index in [1.165, 1.54) is 12.1 Å². The van der Waals surface area contributed by atoms with Crippen LogP contribution in [0.15, 0.2) is 30.4 Å². The number of hydrogen-bond acceptors (Lipinski definition) is 4. The van der Waals surface area contributed by atoms with Crippen molar-refractivity contribution in [3.63, 3.8) is 0 Å². The molecule has 1 rings (SSSR count). The Hall–Kier alpha value is -2.37. The van der Waals surface area contributed by atoms with Gasteiger partial charge < -0.3 is 10.4 Å². The summed E-state index contributed by atoms with van der Waals surface area (Å²) in [6.45, 7) is 5.81. The molecule has 0 aliphatic carbocycles. The second-order valence-electron chi connectivity index (χ2n) is 4.83. The van der Waals surface area contributed by atoms with E-state index in [0.29, 0.717) is 12.0 Å². The average molecular weight is 292 g/mol. The smallest absolute Gasteiger partial charge is 0.271 e. The Morgan fingerprint density at radius 1 is 1.38 bits per heavy atom. The molecule has 0 aliphatic heterocycles. The molecule has 0 radical (unpaired) electrons. The van der Waals surface area contributed by atoms with Crippen molar-refractivity contribution in [3.8, 4) is 5.75 Å². The molecule has 0 atom stereocenters. The molecule has 0 fully saturated rings. The average Bonchev–Trinajstić information content (AvgIpc) is 2.45. The third-order valence-electron chi connectivity index (χ3n) is 3.09. The van der Waals surface area contributed by atoms with Gasteiger partial charge in [0, 0.05) is 17.7 Å². The Bertz CT molecular complexity index is 540. The highest BCUT2D eigenvalue weighted by Gasteiger charge is 2.14. The summed E-state index contributed by atoms with van der Waals surface area (Å²) < 4.78 is 0. The molecule has 0 unspecified atom stereocenters. The zero-order valence-corrected chi connectivity index (χ0v) is 12.1. The maximum absolute atomic E-state index is 11.9. The third-order valence-corrected chi connectivity index (χ3v) is 3.09. The van der Waals surface area contributed by atoms with Crippen molar-refractivity contribution in [2.24, 2.45) is 0 Å². The standard InChI is InChI=1S/C15H20N2O4/c1-3-4-5-6-7-11(2)15(19)16-13-10-12(17(20)21)8-9-14(13)18/h8-10,18H,2-7H2,1H3,(H,16,19). The molecule has 0 aromatic heterocycles. The second-order valence-corrected chi connectivity index (χ2v) is 4.83. The van der Waals surface area contributed by atoms with Crippen molar-refractivity contribution in [1.82, 2.24) is 0 Å². The molecule has 114 valence electrons. The first kappa shape index (κ1) is 16.7. The first-order valence-electron chi connectivity index (χ1n) is 6.92. The molecule has 1 aromatic carbocycles. The van der Waals surface area contributed by atoms with E-state index in [1.54, 1.807) is 0 Å². The fraction of sp³-hybridized carbons (Fsp3) is 0.400. The van der Waals surface area contributed by atoms with Crippen molar-refractivity contribution >= 4 is 17.3 Å². The van der Waals surface area contributed by atoms with E-state index in [2.05, 4.69) is 18.8 Å². The Balaban J connectivity index is 2.63. The largest absolute Gasteiger partial charge is 0.506 e. The summed E-state index contributed by atoms with van der Waals surface area (Å²) >= 11 is 0. The first-order valence-corrected chi connectivity index (χ1v) is 6.92. The van der Waals surface area contributed by atoms with Crippen LogP contribution in [0.2, 0.25) is 0 Å². The number of aromatic hydroxyl groups is 1. The molecule has 21 heavy (non-hydrogen) atoms. The van der Waals surface area contributed by atoms with E-state index in [1.807, 2.05) is 0 Å². The maximum Gasteiger partial charge on any atom is 0.271 e. The zero-order chi connectivity index (χ0) is 15.8. The molecular weight excluding hydrogens is 272 g/mol. The minimum atomic E-state index is -0.589. The summed E-state index contributed by atoms with van der Waals surface area (Å²) in [6, 6.07) is 3.47. The van der Waals surface area contributed by atoms with Gasteiger partial charge in [-0.2, -0.15) is 0 Å². The number of amides is 1. The van der Waals surface area contributed by atoms with Crippen molar-refractivity contribution in [2.75, 3.05) is 5.32 Å². The molecule has 1 amide bonds. The topological polar surface area (TPSA) is 92.5 Å². The van der Waals surface area contributed by atoms with Crippen LogP contribution in [-0.2, 0) is 4.79 Å². The highest BCUT2D eigenvalue weighted by Crippen LogP contribution is 2.28. The van der Waals surface area contributed by atoms with E-state index in [4.69, 9.17) is 0 Å². The molecule has 0 spiro atoms. The van der Waals surface area contributed by atoms with Gasteiger partial charge in [0.25, 0.3) is 11.6 Å². The summed E-state index contributed by atoms with van der Waals surface area (Å²) in [5, 5.41) is 22.8. The summed E-state index contributed by atoms with van der Waals surface area (Å²) in [5.41, 5.74) is 0.220. The van der Waals surface area contributed by atoms with Gasteiger partial charge in [-0.05, 0) is 18.9 Å². The first-order chi connectivity index (χ1) is 9.95. The third kappa shape index (κ3) is 5.25. The molecule has 6 heteroatoms. The predicted molar refractivity (Wildman–Crippen MR) is 81.3 cm³/mol. The SMILES string of the molecule is C=C(CCCCCC)C(=O)Nc1cc([N+](=O)[O-])ccc1O. The van der Waals surface area contributed by atoms with Gasteiger partial charge in [-0.25, -0.2) is 0 Å². The number of nitrogens with zero attached hydrogens (tertiary/aromatic N) is 1. The van der Waals surface area contributed by atoms with E-state index in [0.717, 1.165) is 31.7 Å². The molecular formula is C15H20N2O4. The summed E-state index contributed by atoms with van der Waals surface area (Å²) in [6.07, 6.45) is 4.70. The van der Waals surface area contributed by atoms with Crippen LogP contribution in [0.4, 0.5) is 11.4 Å². The van der Waals surface area contributed by atoms with Crippen LogP contribution in [0.3, 0.4) is 0 Å². The Labute approximate surface area is 123 Å². The quantitative estimate of drug-likeness (QED) is 0.251. The number of non-ortho nitro benzene ring substituents is 1. The summed E-state index contributed by atoms with van der Waals surface area (Å²) in [7, 11) is 0. The highest BCUT2D eigenvalue weighted by molar-refractivity contribution is 6.04. The van der Waals surface area contributed by atoms with E-state index < -0.39 is 10.8 Å². The van der Waals surface area contributed by atoms with E-state index in [9.17, 15) is 20.0 Å². The van der Waals surface area contributed by atoms with Crippen LogP contribution in [0.25, 0.3) is 0 Å². The molecule has 1 aromatic rings. The van der Waals surface area contributed by atoms with Crippen molar-refractivity contribution in [2.45, 2.75) is 39.0 Å². The van der Waals surface area contributed by atoms with Gasteiger partial charge in [0.1, 0.15) is 5.75 Å². The van der Waals surface area contributed by atoms with Crippen LogP contribution >= 0.6 is 0 Å². The lowest BCUT2D eigenvalue weighted by molar-refractivity contribution is -0.384. The lowest BCUT2D eigenvalue weighted by Gasteiger charge is -2.09. The lowest BCUT2D eigenvalue weighted by atomic mass is 10.1. The van der Waals surface area contributed by atoms with Crippen LogP contribution in [-0.4, -0.2) is 15.9 Å². The number of anilines is 1. The van der Waals surface area contributed by atoms with Crippen LogP contribution in [0.1, 0.15) is 39.0 Å². The van der Waals surface area contributed by atoms with Crippen molar-refractivity contribution < 1.29 is 14.8 Å². The number of phenols is 1. The monoisotopic (exact) mass is 292 g/mol. The molecule has 0 saturated carbocycles. The van der Waals surface area contributed by atoms with Gasteiger partial charge in [0.05, 0.1) is 10.6 Å². The van der Waals surface area contributed by atoms with E-state index in [-0.39, 0.29) is 17.1 Å². The number of rotatable bonds is 8. The van der Waals surface area contributed by atoms with Crippen LogP contribution in [0, 0.1) is 10.1 Å². The van der Waals surface area contributed by atoms with Gasteiger partial charge in [0.2, 0.25) is 0 Å². The van der Waals surface area contributed by atoms with Crippen LogP contribution < -0.4 is 5.32 Å². The summed E-state index contributed by atoms with van der Waals surface area (Å²) in [4.78, 5) is 22.0. The fourth-order valence-electron chi connectivity index (χ4n) is 1.83. The number of phenolic OH excluding ortho intramolecular Hbond substituents is 1. The molecule has 0 aliphatic rings. The van der Waals surface area contributed by atoms with E-state index >= 15 is 0 Å². The number of unbranched alkanes of at least 4 members (excludes halogenated alkanes) is 3. The van der Waals surface area contributed by atoms with Gasteiger partial charge in [0.15, 0.2) is 0 Å². The Morgan fingerprint density at radius 2 is 2.10 bits per heavy atom. The second kappa shape index (κ2) is 8.04. The summed E-state index contributed by atoms with van der Waals surface area (Å²) in [5.74, 6) is -0.643. The van der Waals surface area contributed by atoms with Gasteiger partial charge >= 0.3 is 0 Å². The van der Waals surface area contributed by atoms with Crippen molar-refractivity contribution in [1.29, 1.82) is 0 Å². The van der Waals surface area contributed by atoms with Crippen LogP contribution in [0.5, 0.6) is 5.75 Å². The van der Waals surface area contributed by atoms with Gasteiger partial charge in [-0.1, -0.05) is 32.8 Å². The molecule has 0 bridgehead atoms. The highest BCUT2D eigenvalue weighted by atomic mass is 16.6. The van der Waals surface area contributed by atoms with Crippen molar-refractivity contribution in [3.05, 3.63) is 40.5 Å². The normalized spacial score (nSPS) is 10.1. The number of carbonyl (C=O) groups excluding carboxylic acids is 1. The minimum Gasteiger partial charge on any atom is -0.506 e. The van der Waals surface area contributed by atoms with Gasteiger partial charge in [-0.3, -0.25) is 14.9 Å². The zero-order valence-electron chi connectivity index (χ0n) is 12.1. The Morgan fingerprint density at radius 3 is 2.71 bits per heavy atom. The number of nitrogens with one attached hydrogen (secondary N) is 1. The number of carbonyl (C=O) groups is 1. The Kier molecular flexibility index (Phi) is 6.39.